The normalized spacial score (nSPS) is 16.6. The van der Waals surface area contributed by atoms with E-state index in [2.05, 4.69) is 37.7 Å². The summed E-state index contributed by atoms with van der Waals surface area (Å²) in [6.45, 7) is 2.77. The van der Waals surface area contributed by atoms with Crippen LogP contribution < -0.4 is 15.4 Å². The Kier molecular flexibility index (Phi) is 7.48. The van der Waals surface area contributed by atoms with Gasteiger partial charge in [0, 0.05) is 57.3 Å². The molecule has 5 rings (SSSR count). The lowest BCUT2D eigenvalue weighted by molar-refractivity contribution is 0.0838. The van der Waals surface area contributed by atoms with Gasteiger partial charge in [-0.25, -0.2) is 0 Å². The number of amides is 1. The molecule has 0 radical (unpaired) electrons. The molecule has 190 valence electrons. The topological polar surface area (TPSA) is 105 Å². The maximum atomic E-state index is 12.6. The molecule has 3 aromatic rings. The highest BCUT2D eigenvalue weighted by Crippen LogP contribution is 2.25. The Bertz CT molecular complexity index is 1190. The Morgan fingerprint density at radius 3 is 2.86 bits per heavy atom. The molecule has 1 aliphatic heterocycles. The van der Waals surface area contributed by atoms with E-state index in [1.54, 1.807) is 18.5 Å². The second kappa shape index (κ2) is 11.1. The minimum atomic E-state index is -0.659. The second-order valence-corrected chi connectivity index (χ2v) is 9.72. The van der Waals surface area contributed by atoms with Gasteiger partial charge in [0.05, 0.1) is 11.8 Å². The van der Waals surface area contributed by atoms with Crippen molar-refractivity contribution in [1.82, 2.24) is 25.0 Å². The van der Waals surface area contributed by atoms with Crippen molar-refractivity contribution in [2.24, 2.45) is 7.05 Å². The maximum Gasteiger partial charge on any atom is 0.270 e. The number of benzene rings is 1. The molecule has 1 saturated carbocycles. The van der Waals surface area contributed by atoms with Crippen molar-refractivity contribution in [3.8, 4) is 5.75 Å². The molecule has 1 atom stereocenters. The molecule has 9 nitrogen and oxygen atoms in total. The molecule has 0 unspecified atom stereocenters. The van der Waals surface area contributed by atoms with Gasteiger partial charge in [0.1, 0.15) is 18.1 Å². The lowest BCUT2D eigenvalue weighted by Gasteiger charge is -2.30. The maximum absolute atomic E-state index is 12.6. The molecule has 36 heavy (non-hydrogen) atoms. The summed E-state index contributed by atoms with van der Waals surface area (Å²) in [5.74, 6) is 0.584. The number of rotatable bonds is 10. The number of aliphatic hydroxyl groups excluding tert-OH is 1. The molecular weight excluding hydrogens is 456 g/mol. The Hall–Kier alpha value is -3.43. The smallest absolute Gasteiger partial charge is 0.270 e. The molecule has 1 fully saturated rings. The lowest BCUT2D eigenvalue weighted by atomic mass is 9.93. The summed E-state index contributed by atoms with van der Waals surface area (Å²) in [4.78, 5) is 19.0. The van der Waals surface area contributed by atoms with Crippen LogP contribution in [0.3, 0.4) is 0 Å². The highest BCUT2D eigenvalue weighted by Gasteiger charge is 2.21. The van der Waals surface area contributed by atoms with Crippen LogP contribution in [0.5, 0.6) is 5.75 Å². The molecule has 0 spiro atoms. The van der Waals surface area contributed by atoms with Crippen LogP contribution in [-0.2, 0) is 26.6 Å². The number of aryl methyl sites for hydroxylation is 1. The largest absolute Gasteiger partial charge is 0.487 e. The van der Waals surface area contributed by atoms with E-state index in [1.165, 1.54) is 17.5 Å². The van der Waals surface area contributed by atoms with Gasteiger partial charge in [-0.15, -0.1) is 0 Å². The van der Waals surface area contributed by atoms with Crippen LogP contribution in [0.25, 0.3) is 0 Å². The standard InChI is InChI=1S/C27H34N6O3/c1-32-23(8-11-30-32)18-36-25-6-5-20-16-33(12-9-19(20)13-25)17-24(34)15-29-27(35)26-14-22(7-10-28-26)31-21-3-2-4-21/h5-8,10-11,13-14,21,24,34H,2-4,9,12,15-18H2,1H3,(H,28,31)(H,29,35)/t24-/m0/s1. The predicted molar refractivity (Wildman–Crippen MR) is 137 cm³/mol. The molecule has 3 N–H and O–H groups in total. The average Bonchev–Trinajstić information content (AvgIpc) is 3.28. The quantitative estimate of drug-likeness (QED) is 0.401. The summed E-state index contributed by atoms with van der Waals surface area (Å²) >= 11 is 0. The van der Waals surface area contributed by atoms with Gasteiger partial charge in [-0.2, -0.15) is 5.10 Å². The Morgan fingerprint density at radius 1 is 1.19 bits per heavy atom. The number of hydrogen-bond acceptors (Lipinski definition) is 7. The fourth-order valence-electron chi connectivity index (χ4n) is 4.63. The summed E-state index contributed by atoms with van der Waals surface area (Å²) in [5.41, 5.74) is 4.81. The van der Waals surface area contributed by atoms with Crippen molar-refractivity contribution in [3.05, 3.63) is 71.3 Å². The van der Waals surface area contributed by atoms with Crippen molar-refractivity contribution in [2.75, 3.05) is 25.0 Å². The highest BCUT2D eigenvalue weighted by molar-refractivity contribution is 5.93. The van der Waals surface area contributed by atoms with Gasteiger partial charge >= 0.3 is 0 Å². The first kappa shape index (κ1) is 24.3. The molecule has 3 heterocycles. The average molecular weight is 491 g/mol. The number of carbonyl (C=O) groups is 1. The molecule has 1 amide bonds. The third-order valence-corrected chi connectivity index (χ3v) is 7.01. The number of carbonyl (C=O) groups excluding carboxylic acids is 1. The fraction of sp³-hybridized carbons (Fsp3) is 0.444. The van der Waals surface area contributed by atoms with E-state index < -0.39 is 6.10 Å². The van der Waals surface area contributed by atoms with Crippen molar-refractivity contribution in [3.63, 3.8) is 0 Å². The van der Waals surface area contributed by atoms with Crippen LogP contribution in [0.15, 0.2) is 48.8 Å². The number of fused-ring (bicyclic) bond motifs is 1. The van der Waals surface area contributed by atoms with E-state index in [1.807, 2.05) is 29.9 Å². The summed E-state index contributed by atoms with van der Waals surface area (Å²) in [7, 11) is 1.91. The number of nitrogens with zero attached hydrogens (tertiary/aromatic N) is 4. The SMILES string of the molecule is Cn1nccc1COc1ccc2c(c1)CCN(C[C@@H](O)CNC(=O)c1cc(NC3CCC3)ccn1)C2. The van der Waals surface area contributed by atoms with E-state index in [0.717, 1.165) is 49.5 Å². The minimum absolute atomic E-state index is 0.185. The second-order valence-electron chi connectivity index (χ2n) is 9.72. The van der Waals surface area contributed by atoms with E-state index in [9.17, 15) is 9.90 Å². The molecule has 9 heteroatoms. The highest BCUT2D eigenvalue weighted by atomic mass is 16.5. The molecule has 1 aliphatic carbocycles. The number of nitrogens with one attached hydrogen (secondary N) is 2. The number of aromatic nitrogens is 3. The third kappa shape index (κ3) is 6.03. The summed E-state index contributed by atoms with van der Waals surface area (Å²) in [6.07, 6.45) is 7.22. The summed E-state index contributed by atoms with van der Waals surface area (Å²) < 4.78 is 7.76. The minimum Gasteiger partial charge on any atom is -0.487 e. The zero-order chi connectivity index (χ0) is 24.9. The zero-order valence-electron chi connectivity index (χ0n) is 20.7. The molecule has 2 aromatic heterocycles. The predicted octanol–water partition coefficient (Wildman–Crippen LogP) is 2.51. The Labute approximate surface area is 211 Å². The fourth-order valence-corrected chi connectivity index (χ4v) is 4.63. The van der Waals surface area contributed by atoms with E-state index in [0.29, 0.717) is 24.9 Å². The van der Waals surface area contributed by atoms with Crippen LogP contribution in [0.1, 0.15) is 46.6 Å². The summed E-state index contributed by atoms with van der Waals surface area (Å²) in [5, 5.41) is 21.0. The van der Waals surface area contributed by atoms with E-state index in [4.69, 9.17) is 4.74 Å². The molecule has 0 bridgehead atoms. The van der Waals surface area contributed by atoms with E-state index in [-0.39, 0.29) is 12.5 Å². The van der Waals surface area contributed by atoms with E-state index >= 15 is 0 Å². The number of β-amino-alcohol motifs (C(OH)–C–C–N with tert-alkyl or cyclic N) is 1. The van der Waals surface area contributed by atoms with Crippen LogP contribution in [0.4, 0.5) is 5.69 Å². The van der Waals surface area contributed by atoms with Crippen LogP contribution >= 0.6 is 0 Å². The van der Waals surface area contributed by atoms with Crippen molar-refractivity contribution < 1.29 is 14.6 Å². The molecule has 2 aliphatic rings. The van der Waals surface area contributed by atoms with Gasteiger partial charge in [-0.05, 0) is 67.1 Å². The van der Waals surface area contributed by atoms with Crippen molar-refractivity contribution in [2.45, 2.75) is 51.0 Å². The first-order valence-electron chi connectivity index (χ1n) is 12.7. The monoisotopic (exact) mass is 490 g/mol. The van der Waals surface area contributed by atoms with Crippen molar-refractivity contribution >= 4 is 11.6 Å². The van der Waals surface area contributed by atoms with Gasteiger partial charge in [0.2, 0.25) is 0 Å². The summed E-state index contributed by atoms with van der Waals surface area (Å²) in [6, 6.07) is 12.3. The first-order valence-corrected chi connectivity index (χ1v) is 12.7. The molecule has 1 aromatic carbocycles. The number of hydrogen-bond donors (Lipinski definition) is 3. The van der Waals surface area contributed by atoms with Gasteiger partial charge in [-0.1, -0.05) is 6.07 Å². The molecule has 0 saturated heterocycles. The number of pyridine rings is 1. The number of aliphatic hydroxyl groups is 1. The van der Waals surface area contributed by atoms with Gasteiger partial charge in [0.15, 0.2) is 0 Å². The van der Waals surface area contributed by atoms with Crippen molar-refractivity contribution in [1.29, 1.82) is 0 Å². The van der Waals surface area contributed by atoms with Crippen LogP contribution in [0, 0.1) is 0 Å². The number of ether oxygens (including phenoxy) is 1. The Balaban J connectivity index is 1.07. The van der Waals surface area contributed by atoms with Crippen LogP contribution in [0.2, 0.25) is 0 Å². The van der Waals surface area contributed by atoms with Crippen LogP contribution in [-0.4, -0.2) is 62.5 Å². The Morgan fingerprint density at radius 2 is 2.08 bits per heavy atom. The number of anilines is 1. The zero-order valence-corrected chi connectivity index (χ0v) is 20.7. The van der Waals surface area contributed by atoms with Gasteiger partial charge in [-0.3, -0.25) is 19.4 Å². The van der Waals surface area contributed by atoms with Gasteiger partial charge < -0.3 is 20.5 Å². The van der Waals surface area contributed by atoms with Gasteiger partial charge in [0.25, 0.3) is 5.91 Å². The molecular formula is C27H34N6O3. The third-order valence-electron chi connectivity index (χ3n) is 7.01. The first-order chi connectivity index (χ1) is 17.5. The lowest BCUT2D eigenvalue weighted by Crippen LogP contribution is -2.42.